The molecule has 0 aliphatic carbocycles. The molecule has 0 spiro atoms. The van der Waals surface area contributed by atoms with E-state index in [0.29, 0.717) is 0 Å². The quantitative estimate of drug-likeness (QED) is 0.867. The van der Waals surface area contributed by atoms with E-state index in [1.807, 2.05) is 41.6 Å². The van der Waals surface area contributed by atoms with Gasteiger partial charge in [-0.2, -0.15) is 0 Å². The van der Waals surface area contributed by atoms with Gasteiger partial charge in [0.25, 0.3) is 0 Å². The maximum atomic E-state index is 12.2. The first-order valence-electron chi connectivity index (χ1n) is 7.83. The number of carbonyl (C=O) groups is 1. The van der Waals surface area contributed by atoms with Crippen LogP contribution in [0.5, 0.6) is 0 Å². The van der Waals surface area contributed by atoms with Gasteiger partial charge in [-0.15, -0.1) is 0 Å². The van der Waals surface area contributed by atoms with Gasteiger partial charge in [0.2, 0.25) is 5.91 Å². The van der Waals surface area contributed by atoms with E-state index in [2.05, 4.69) is 41.7 Å². The van der Waals surface area contributed by atoms with Crippen LogP contribution in [0, 0.1) is 0 Å². The molecule has 23 heavy (non-hydrogen) atoms. The second-order valence-electron chi connectivity index (χ2n) is 5.92. The lowest BCUT2D eigenvalue weighted by Gasteiger charge is -2.40. The number of nitrogens with zero attached hydrogens (tertiary/aromatic N) is 1. The molecule has 1 N–H and O–H groups in total. The Bertz CT molecular complexity index is 822. The highest BCUT2D eigenvalue weighted by atomic mass is 16.2. The third-order valence-electron chi connectivity index (χ3n) is 4.58. The third-order valence-corrected chi connectivity index (χ3v) is 4.58. The van der Waals surface area contributed by atoms with Crippen molar-refractivity contribution in [2.45, 2.75) is 19.0 Å². The molecule has 2 aromatic rings. The fraction of sp³-hybridized carbons (Fsp3) is 0.150. The van der Waals surface area contributed by atoms with Crippen molar-refractivity contribution in [3.8, 4) is 0 Å². The van der Waals surface area contributed by atoms with Crippen molar-refractivity contribution in [1.29, 1.82) is 0 Å². The SMILES string of the molecule is CC(=O)N1C=Cc2ccccc2[C@H]1[C@H]1NC=Cc2ccccc21. The minimum atomic E-state index is -0.0557. The lowest BCUT2D eigenvalue weighted by molar-refractivity contribution is -0.128. The largest absolute Gasteiger partial charge is 0.382 e. The van der Waals surface area contributed by atoms with Crippen molar-refractivity contribution in [2.75, 3.05) is 0 Å². The lowest BCUT2D eigenvalue weighted by atomic mass is 9.84. The Morgan fingerprint density at radius 3 is 2.35 bits per heavy atom. The van der Waals surface area contributed by atoms with Gasteiger partial charge in [0.15, 0.2) is 0 Å². The molecule has 2 aromatic carbocycles. The third kappa shape index (κ3) is 2.25. The van der Waals surface area contributed by atoms with Crippen molar-refractivity contribution in [2.24, 2.45) is 0 Å². The van der Waals surface area contributed by atoms with E-state index in [4.69, 9.17) is 0 Å². The highest BCUT2D eigenvalue weighted by Crippen LogP contribution is 2.41. The van der Waals surface area contributed by atoms with E-state index in [0.717, 1.165) is 0 Å². The minimum absolute atomic E-state index is 0.0335. The Morgan fingerprint density at radius 1 is 0.957 bits per heavy atom. The molecule has 0 saturated heterocycles. The highest BCUT2D eigenvalue weighted by molar-refractivity contribution is 5.78. The van der Waals surface area contributed by atoms with Crippen LogP contribution in [0.2, 0.25) is 0 Å². The molecule has 114 valence electrons. The van der Waals surface area contributed by atoms with Gasteiger partial charge in [0, 0.05) is 13.1 Å². The molecule has 2 atom stereocenters. The van der Waals surface area contributed by atoms with Crippen LogP contribution in [-0.4, -0.2) is 10.8 Å². The average molecular weight is 302 g/mol. The molecule has 2 aliphatic heterocycles. The maximum absolute atomic E-state index is 12.2. The smallest absolute Gasteiger partial charge is 0.224 e. The molecule has 0 fully saturated rings. The van der Waals surface area contributed by atoms with E-state index >= 15 is 0 Å². The topological polar surface area (TPSA) is 32.3 Å². The number of hydrogen-bond acceptors (Lipinski definition) is 2. The Balaban J connectivity index is 1.87. The molecule has 0 radical (unpaired) electrons. The number of nitrogens with one attached hydrogen (secondary N) is 1. The first-order valence-corrected chi connectivity index (χ1v) is 7.83. The normalized spacial score (nSPS) is 21.3. The van der Waals surface area contributed by atoms with E-state index in [1.54, 1.807) is 6.92 Å². The summed E-state index contributed by atoms with van der Waals surface area (Å²) in [4.78, 5) is 14.0. The standard InChI is InChI=1S/C20H18N2O/c1-14(23)22-13-11-16-7-3-5-9-18(16)20(22)19-17-8-4-2-6-15(17)10-12-21-19/h2-13,19-21H,1H3/t19-,20-/m0/s1. The van der Waals surface area contributed by atoms with Crippen LogP contribution in [0.25, 0.3) is 12.2 Å². The van der Waals surface area contributed by atoms with Crippen LogP contribution in [0.15, 0.2) is 60.9 Å². The number of hydrogen-bond donors (Lipinski definition) is 1. The summed E-state index contributed by atoms with van der Waals surface area (Å²) in [5.41, 5.74) is 4.76. The highest BCUT2D eigenvalue weighted by Gasteiger charge is 2.35. The zero-order chi connectivity index (χ0) is 15.8. The van der Waals surface area contributed by atoms with E-state index in [9.17, 15) is 4.79 Å². The van der Waals surface area contributed by atoms with Crippen molar-refractivity contribution in [3.05, 3.63) is 83.2 Å². The fourth-order valence-electron chi connectivity index (χ4n) is 3.51. The zero-order valence-electron chi connectivity index (χ0n) is 12.9. The van der Waals surface area contributed by atoms with Crippen molar-refractivity contribution >= 4 is 18.1 Å². The van der Waals surface area contributed by atoms with Gasteiger partial charge in [-0.3, -0.25) is 4.79 Å². The summed E-state index contributed by atoms with van der Waals surface area (Å²) in [7, 11) is 0. The molecule has 0 unspecified atom stereocenters. The van der Waals surface area contributed by atoms with Gasteiger partial charge in [-0.1, -0.05) is 48.5 Å². The molecule has 0 bridgehead atoms. The van der Waals surface area contributed by atoms with E-state index < -0.39 is 0 Å². The molecule has 4 rings (SSSR count). The van der Waals surface area contributed by atoms with E-state index in [1.165, 1.54) is 22.3 Å². The van der Waals surface area contributed by atoms with Gasteiger partial charge in [-0.25, -0.2) is 0 Å². The van der Waals surface area contributed by atoms with Crippen molar-refractivity contribution in [3.63, 3.8) is 0 Å². The van der Waals surface area contributed by atoms with Gasteiger partial charge in [0.1, 0.15) is 0 Å². The maximum Gasteiger partial charge on any atom is 0.224 e. The summed E-state index contributed by atoms with van der Waals surface area (Å²) in [6.07, 6.45) is 7.97. The summed E-state index contributed by atoms with van der Waals surface area (Å²) in [5.74, 6) is 0.0505. The first-order chi connectivity index (χ1) is 11.3. The fourth-order valence-corrected chi connectivity index (χ4v) is 3.51. The molecule has 1 amide bonds. The van der Waals surface area contributed by atoms with Gasteiger partial charge < -0.3 is 10.2 Å². The molecule has 2 aliphatic rings. The summed E-state index contributed by atoms with van der Waals surface area (Å²) in [5, 5.41) is 3.46. The van der Waals surface area contributed by atoms with Crippen LogP contribution in [-0.2, 0) is 4.79 Å². The Kier molecular flexibility index (Phi) is 3.27. The number of fused-ring (bicyclic) bond motifs is 2. The van der Waals surface area contributed by atoms with Gasteiger partial charge >= 0.3 is 0 Å². The van der Waals surface area contributed by atoms with Gasteiger partial charge in [-0.05, 0) is 40.6 Å². The molecule has 0 aromatic heterocycles. The Hall–Kier alpha value is -2.81. The summed E-state index contributed by atoms with van der Waals surface area (Å²) >= 11 is 0. The van der Waals surface area contributed by atoms with Crippen molar-refractivity contribution in [1.82, 2.24) is 10.2 Å². The monoisotopic (exact) mass is 302 g/mol. The van der Waals surface area contributed by atoms with E-state index in [-0.39, 0.29) is 18.0 Å². The first kappa shape index (κ1) is 13.8. The van der Waals surface area contributed by atoms with Crippen LogP contribution in [0.3, 0.4) is 0 Å². The molecule has 0 saturated carbocycles. The van der Waals surface area contributed by atoms with Crippen LogP contribution in [0.1, 0.15) is 41.3 Å². The number of rotatable bonds is 1. The summed E-state index contributed by atoms with van der Waals surface area (Å²) in [6, 6.07) is 16.6. The predicted octanol–water partition coefficient (Wildman–Crippen LogP) is 3.88. The summed E-state index contributed by atoms with van der Waals surface area (Å²) in [6.45, 7) is 1.62. The second kappa shape index (κ2) is 5.43. The zero-order valence-corrected chi connectivity index (χ0v) is 12.9. The summed E-state index contributed by atoms with van der Waals surface area (Å²) < 4.78 is 0. The van der Waals surface area contributed by atoms with Crippen molar-refractivity contribution < 1.29 is 4.79 Å². The number of carbonyl (C=O) groups excluding carboxylic acids is 1. The second-order valence-corrected chi connectivity index (χ2v) is 5.92. The van der Waals surface area contributed by atoms with Gasteiger partial charge in [0.05, 0.1) is 12.1 Å². The number of amides is 1. The lowest BCUT2D eigenvalue weighted by Crippen LogP contribution is -2.39. The van der Waals surface area contributed by atoms with Crippen LogP contribution < -0.4 is 5.32 Å². The predicted molar refractivity (Wildman–Crippen MR) is 92.1 cm³/mol. The Morgan fingerprint density at radius 2 is 1.61 bits per heavy atom. The molecular formula is C20H18N2O. The Labute approximate surface area is 135 Å². The molecule has 3 nitrogen and oxygen atoms in total. The average Bonchev–Trinajstić information content (AvgIpc) is 2.60. The molecule has 3 heteroatoms. The van der Waals surface area contributed by atoms with Crippen LogP contribution >= 0.6 is 0 Å². The number of benzene rings is 2. The minimum Gasteiger partial charge on any atom is -0.382 e. The molecule has 2 heterocycles. The van der Waals surface area contributed by atoms with Crippen LogP contribution in [0.4, 0.5) is 0 Å². The molecular weight excluding hydrogens is 284 g/mol.